The average Bonchev–Trinajstić information content (AvgIpc) is 3.14. The molecule has 2 heterocycles. The Morgan fingerprint density at radius 3 is 2.45 bits per heavy atom. The van der Waals surface area contributed by atoms with Gasteiger partial charge in [0.15, 0.2) is 21.3 Å². The van der Waals surface area contributed by atoms with Gasteiger partial charge < -0.3 is 19.7 Å². The Kier molecular flexibility index (Phi) is 5.62. The van der Waals surface area contributed by atoms with Gasteiger partial charge in [-0.15, -0.1) is 0 Å². The molecule has 164 valence electrons. The van der Waals surface area contributed by atoms with Crippen LogP contribution in [0.3, 0.4) is 0 Å². The van der Waals surface area contributed by atoms with Crippen molar-refractivity contribution in [3.63, 3.8) is 0 Å². The minimum atomic E-state index is -3.27. The highest BCUT2D eigenvalue weighted by molar-refractivity contribution is 7.90. The molecule has 0 spiro atoms. The van der Waals surface area contributed by atoms with Crippen molar-refractivity contribution >= 4 is 27.3 Å². The first-order valence-electron chi connectivity index (χ1n) is 10.0. The minimum absolute atomic E-state index is 0.123. The number of sulfone groups is 1. The summed E-state index contributed by atoms with van der Waals surface area (Å²) in [5.41, 5.74) is 1.46. The molecular formula is C22H24N2O6S. The topological polar surface area (TPSA) is 102 Å². The van der Waals surface area contributed by atoms with E-state index >= 15 is 0 Å². The number of amides is 2. The number of ether oxygens (including phenoxy) is 2. The molecule has 9 heteroatoms. The lowest BCUT2D eigenvalue weighted by Crippen LogP contribution is -2.34. The van der Waals surface area contributed by atoms with Crippen LogP contribution in [-0.2, 0) is 19.4 Å². The molecular weight excluding hydrogens is 420 g/mol. The standard InChI is InChI=1S/C22H24N2O6S/c1-14(15-3-6-18(7-4-15)31(2,27)28)23-22(26)16-11-21(25)24(13-16)17-5-8-19-20(12-17)30-10-9-29-19/h3-8,12,14,16H,9-11,13H2,1-2H3,(H,23,26)/t14-,16-/m0/s1. The summed E-state index contributed by atoms with van der Waals surface area (Å²) in [6.45, 7) is 3.05. The third kappa shape index (κ3) is 4.51. The van der Waals surface area contributed by atoms with E-state index in [0.717, 1.165) is 11.8 Å². The van der Waals surface area contributed by atoms with Crippen LogP contribution in [0.25, 0.3) is 0 Å². The largest absolute Gasteiger partial charge is 0.486 e. The molecule has 2 aliphatic heterocycles. The van der Waals surface area contributed by atoms with Gasteiger partial charge in [0.25, 0.3) is 0 Å². The lowest BCUT2D eigenvalue weighted by molar-refractivity contribution is -0.126. The molecule has 31 heavy (non-hydrogen) atoms. The van der Waals surface area contributed by atoms with E-state index in [4.69, 9.17) is 9.47 Å². The van der Waals surface area contributed by atoms with E-state index in [1.165, 1.54) is 12.1 Å². The van der Waals surface area contributed by atoms with Crippen LogP contribution >= 0.6 is 0 Å². The SMILES string of the molecule is C[C@H](NC(=O)[C@H]1CC(=O)N(c2ccc3c(c2)OCCO3)C1)c1ccc(S(C)(=O)=O)cc1. The van der Waals surface area contributed by atoms with E-state index in [-0.39, 0.29) is 35.7 Å². The Labute approximate surface area is 181 Å². The van der Waals surface area contributed by atoms with Crippen LogP contribution in [0.1, 0.15) is 24.9 Å². The first-order valence-corrected chi connectivity index (χ1v) is 11.9. The van der Waals surface area contributed by atoms with Crippen LogP contribution in [0, 0.1) is 5.92 Å². The highest BCUT2D eigenvalue weighted by atomic mass is 32.2. The second-order valence-corrected chi connectivity index (χ2v) is 9.82. The number of fused-ring (bicyclic) bond motifs is 1. The van der Waals surface area contributed by atoms with Crippen LogP contribution in [0.2, 0.25) is 0 Å². The van der Waals surface area contributed by atoms with E-state index in [1.54, 1.807) is 35.2 Å². The maximum atomic E-state index is 12.8. The summed E-state index contributed by atoms with van der Waals surface area (Å²) < 4.78 is 34.3. The van der Waals surface area contributed by atoms with Crippen molar-refractivity contribution in [2.24, 2.45) is 5.92 Å². The zero-order valence-electron chi connectivity index (χ0n) is 17.3. The molecule has 0 aromatic heterocycles. The molecule has 2 aliphatic rings. The van der Waals surface area contributed by atoms with E-state index < -0.39 is 15.8 Å². The number of nitrogens with one attached hydrogen (secondary N) is 1. The molecule has 0 radical (unpaired) electrons. The Balaban J connectivity index is 1.41. The van der Waals surface area contributed by atoms with Crippen molar-refractivity contribution < 1.29 is 27.5 Å². The fourth-order valence-corrected chi connectivity index (χ4v) is 4.38. The van der Waals surface area contributed by atoms with Crippen LogP contribution in [-0.4, -0.2) is 46.2 Å². The number of carbonyl (C=O) groups excluding carboxylic acids is 2. The van der Waals surface area contributed by atoms with Crippen LogP contribution < -0.4 is 19.7 Å². The number of hydrogen-bond acceptors (Lipinski definition) is 6. The molecule has 1 fully saturated rings. The summed E-state index contributed by atoms with van der Waals surface area (Å²) in [4.78, 5) is 27.2. The molecule has 2 amide bonds. The normalized spacial score (nSPS) is 19.2. The predicted octanol–water partition coefficient (Wildman–Crippen LogP) is 2.09. The van der Waals surface area contributed by atoms with Gasteiger partial charge in [0.2, 0.25) is 11.8 Å². The molecule has 8 nitrogen and oxygen atoms in total. The molecule has 2 aromatic carbocycles. The van der Waals surface area contributed by atoms with Gasteiger partial charge in [-0.2, -0.15) is 0 Å². The summed E-state index contributed by atoms with van der Waals surface area (Å²) in [6, 6.07) is 11.4. The van der Waals surface area contributed by atoms with E-state index in [1.807, 2.05) is 6.92 Å². The van der Waals surface area contributed by atoms with E-state index in [0.29, 0.717) is 30.4 Å². The van der Waals surface area contributed by atoms with E-state index in [2.05, 4.69) is 5.32 Å². The lowest BCUT2D eigenvalue weighted by Gasteiger charge is -2.22. The van der Waals surface area contributed by atoms with Crippen LogP contribution in [0.4, 0.5) is 5.69 Å². The molecule has 4 rings (SSSR count). The quantitative estimate of drug-likeness (QED) is 0.758. The summed E-state index contributed by atoms with van der Waals surface area (Å²) in [7, 11) is -3.27. The van der Waals surface area contributed by atoms with Crippen LogP contribution in [0.5, 0.6) is 11.5 Å². The zero-order valence-corrected chi connectivity index (χ0v) is 18.1. The molecule has 2 atom stereocenters. The zero-order chi connectivity index (χ0) is 22.2. The molecule has 0 saturated carbocycles. The van der Waals surface area contributed by atoms with E-state index in [9.17, 15) is 18.0 Å². The number of rotatable bonds is 5. The molecule has 0 aliphatic carbocycles. The van der Waals surface area contributed by atoms with Crippen molar-refractivity contribution in [2.75, 3.05) is 30.9 Å². The summed E-state index contributed by atoms with van der Waals surface area (Å²) >= 11 is 0. The van der Waals surface area contributed by atoms with Crippen LogP contribution in [0.15, 0.2) is 47.4 Å². The highest BCUT2D eigenvalue weighted by Crippen LogP contribution is 2.36. The van der Waals surface area contributed by atoms with Crippen molar-refractivity contribution in [2.45, 2.75) is 24.3 Å². The molecule has 1 N–H and O–H groups in total. The second kappa shape index (κ2) is 8.22. The Morgan fingerprint density at radius 1 is 1.10 bits per heavy atom. The van der Waals surface area contributed by atoms with Gasteiger partial charge in [-0.3, -0.25) is 9.59 Å². The smallest absolute Gasteiger partial charge is 0.227 e. The Bertz CT molecular complexity index is 1110. The fourth-order valence-electron chi connectivity index (χ4n) is 3.75. The first-order chi connectivity index (χ1) is 14.7. The van der Waals surface area contributed by atoms with Gasteiger partial charge >= 0.3 is 0 Å². The van der Waals surface area contributed by atoms with Gasteiger partial charge in [0.1, 0.15) is 13.2 Å². The maximum absolute atomic E-state index is 12.8. The van der Waals surface area contributed by atoms with Gasteiger partial charge in [-0.05, 0) is 36.8 Å². The molecule has 1 saturated heterocycles. The summed E-state index contributed by atoms with van der Waals surface area (Å²) in [6.07, 6.45) is 1.28. The molecule has 0 unspecified atom stereocenters. The van der Waals surface area contributed by atoms with Gasteiger partial charge in [-0.25, -0.2) is 8.42 Å². The van der Waals surface area contributed by atoms with Crippen molar-refractivity contribution in [3.8, 4) is 11.5 Å². The molecule has 0 bridgehead atoms. The fraction of sp³-hybridized carbons (Fsp3) is 0.364. The molecule has 2 aromatic rings. The predicted molar refractivity (Wildman–Crippen MR) is 114 cm³/mol. The average molecular weight is 445 g/mol. The summed E-state index contributed by atoms with van der Waals surface area (Å²) in [5, 5.41) is 2.93. The highest BCUT2D eigenvalue weighted by Gasteiger charge is 2.36. The third-order valence-corrected chi connectivity index (χ3v) is 6.63. The number of benzene rings is 2. The second-order valence-electron chi connectivity index (χ2n) is 7.80. The Morgan fingerprint density at radius 2 is 1.77 bits per heavy atom. The number of hydrogen-bond donors (Lipinski definition) is 1. The number of anilines is 1. The first kappa shape index (κ1) is 21.2. The monoisotopic (exact) mass is 444 g/mol. The third-order valence-electron chi connectivity index (χ3n) is 5.50. The lowest BCUT2D eigenvalue weighted by atomic mass is 10.1. The minimum Gasteiger partial charge on any atom is -0.486 e. The van der Waals surface area contributed by atoms with Crippen molar-refractivity contribution in [3.05, 3.63) is 48.0 Å². The van der Waals surface area contributed by atoms with Crippen molar-refractivity contribution in [1.82, 2.24) is 5.32 Å². The number of carbonyl (C=O) groups is 2. The van der Waals surface area contributed by atoms with Crippen molar-refractivity contribution in [1.29, 1.82) is 0 Å². The number of nitrogens with zero attached hydrogens (tertiary/aromatic N) is 1. The van der Waals surface area contributed by atoms with Gasteiger partial charge in [0, 0.05) is 31.0 Å². The Hall–Kier alpha value is -3.07. The van der Waals surface area contributed by atoms with Gasteiger partial charge in [-0.1, -0.05) is 12.1 Å². The maximum Gasteiger partial charge on any atom is 0.227 e. The summed E-state index contributed by atoms with van der Waals surface area (Å²) in [5.74, 6) is 0.427. The van der Waals surface area contributed by atoms with Gasteiger partial charge in [0.05, 0.1) is 16.9 Å².